The van der Waals surface area contributed by atoms with Gasteiger partial charge in [-0.05, 0) is 39.3 Å². The maximum absolute atomic E-state index is 12.6. The number of carbonyl (C=O) groups excluding carboxylic acids is 1. The van der Waals surface area contributed by atoms with Gasteiger partial charge in [0, 0.05) is 25.8 Å². The van der Waals surface area contributed by atoms with Crippen molar-refractivity contribution in [1.29, 1.82) is 0 Å². The number of thiocarbonyl (C=S) groups is 1. The molecule has 0 aliphatic carbocycles. The van der Waals surface area contributed by atoms with E-state index in [1.54, 1.807) is 0 Å². The molecular weight excluding hydrogens is 262 g/mol. The van der Waals surface area contributed by atoms with Gasteiger partial charge < -0.3 is 20.7 Å². The van der Waals surface area contributed by atoms with E-state index in [-0.39, 0.29) is 11.9 Å². The molecule has 1 amide bonds. The van der Waals surface area contributed by atoms with Crippen LogP contribution in [0.1, 0.15) is 25.7 Å². The van der Waals surface area contributed by atoms with Gasteiger partial charge in [0.15, 0.2) is 0 Å². The van der Waals surface area contributed by atoms with E-state index >= 15 is 0 Å². The van der Waals surface area contributed by atoms with Crippen molar-refractivity contribution < 1.29 is 9.53 Å². The smallest absolute Gasteiger partial charge is 0.233 e. The first-order valence-corrected chi connectivity index (χ1v) is 7.32. The van der Waals surface area contributed by atoms with Crippen LogP contribution in [-0.4, -0.2) is 55.2 Å². The highest BCUT2D eigenvalue weighted by Gasteiger charge is 2.43. The topological polar surface area (TPSA) is 67.6 Å². The number of nitrogens with two attached hydrogens (primary N) is 1. The lowest BCUT2D eigenvalue weighted by atomic mass is 9.79. The Bertz CT molecular complexity index is 356. The van der Waals surface area contributed by atoms with Gasteiger partial charge in [-0.15, -0.1) is 0 Å². The number of ether oxygens (including phenoxy) is 1. The highest BCUT2D eigenvalue weighted by atomic mass is 32.1. The maximum Gasteiger partial charge on any atom is 0.233 e. The predicted octanol–water partition coefficient (Wildman–Crippen LogP) is 0.280. The van der Waals surface area contributed by atoms with Crippen LogP contribution in [0.15, 0.2) is 0 Å². The van der Waals surface area contributed by atoms with Gasteiger partial charge >= 0.3 is 0 Å². The van der Waals surface area contributed by atoms with Crippen LogP contribution in [0.4, 0.5) is 0 Å². The number of likely N-dealkylation sites (N-methyl/N-ethyl adjacent to an activating group) is 1. The fraction of sp³-hybridized carbons (Fsp3) is 0.846. The fourth-order valence-electron chi connectivity index (χ4n) is 2.91. The Hall–Kier alpha value is -0.720. The Morgan fingerprint density at radius 1 is 1.47 bits per heavy atom. The number of likely N-dealkylation sites (tertiary alicyclic amines) is 1. The van der Waals surface area contributed by atoms with Crippen LogP contribution in [0.2, 0.25) is 0 Å². The summed E-state index contributed by atoms with van der Waals surface area (Å²) in [5, 5.41) is 3.14. The lowest BCUT2D eigenvalue weighted by Crippen LogP contribution is -2.56. The molecule has 2 saturated heterocycles. The molecule has 2 aliphatic heterocycles. The van der Waals surface area contributed by atoms with Crippen LogP contribution < -0.4 is 11.1 Å². The van der Waals surface area contributed by atoms with E-state index in [1.165, 1.54) is 0 Å². The molecule has 0 aromatic heterocycles. The zero-order valence-electron chi connectivity index (χ0n) is 11.5. The highest BCUT2D eigenvalue weighted by molar-refractivity contribution is 7.80. The van der Waals surface area contributed by atoms with Crippen molar-refractivity contribution >= 4 is 23.1 Å². The van der Waals surface area contributed by atoms with Crippen molar-refractivity contribution in [2.45, 2.75) is 31.7 Å². The number of nitrogens with one attached hydrogen (secondary N) is 1. The Morgan fingerprint density at radius 3 is 2.74 bits per heavy atom. The third-order valence-corrected chi connectivity index (χ3v) is 4.60. The van der Waals surface area contributed by atoms with E-state index in [1.807, 2.05) is 0 Å². The molecule has 0 radical (unpaired) electrons. The normalized spacial score (nSPS) is 27.7. The first-order chi connectivity index (χ1) is 9.04. The molecule has 2 fully saturated rings. The molecule has 1 unspecified atom stereocenters. The second kappa shape index (κ2) is 6.15. The first kappa shape index (κ1) is 14.7. The highest BCUT2D eigenvalue weighted by Crippen LogP contribution is 2.31. The SMILES string of the molecule is CN1CCCC(NC(=O)C2(C(N)=S)CCOCC2)C1. The molecule has 0 aromatic carbocycles. The summed E-state index contributed by atoms with van der Waals surface area (Å²) in [4.78, 5) is 15.1. The molecular formula is C13H23N3O2S. The summed E-state index contributed by atoms with van der Waals surface area (Å²) >= 11 is 5.15. The minimum atomic E-state index is -0.705. The van der Waals surface area contributed by atoms with Crippen molar-refractivity contribution in [1.82, 2.24) is 10.2 Å². The molecule has 0 spiro atoms. The zero-order valence-corrected chi connectivity index (χ0v) is 12.3. The number of hydrogen-bond acceptors (Lipinski definition) is 4. The number of nitrogens with zero attached hydrogens (tertiary/aromatic N) is 1. The van der Waals surface area contributed by atoms with Crippen LogP contribution in [0.25, 0.3) is 0 Å². The molecule has 2 heterocycles. The summed E-state index contributed by atoms with van der Waals surface area (Å²) < 4.78 is 5.33. The van der Waals surface area contributed by atoms with Crippen molar-refractivity contribution in [3.05, 3.63) is 0 Å². The summed E-state index contributed by atoms with van der Waals surface area (Å²) in [5.41, 5.74) is 5.14. The number of hydrogen-bond donors (Lipinski definition) is 2. The predicted molar refractivity (Wildman–Crippen MR) is 77.9 cm³/mol. The van der Waals surface area contributed by atoms with Gasteiger partial charge in [0.1, 0.15) is 5.41 Å². The third-order valence-electron chi connectivity index (χ3n) is 4.21. The number of piperidine rings is 1. The summed E-state index contributed by atoms with van der Waals surface area (Å²) in [7, 11) is 2.08. The van der Waals surface area contributed by atoms with Crippen LogP contribution >= 0.6 is 12.2 Å². The summed E-state index contributed by atoms with van der Waals surface area (Å²) in [6.45, 7) is 3.10. The minimum Gasteiger partial charge on any atom is -0.392 e. The van der Waals surface area contributed by atoms with E-state index in [9.17, 15) is 4.79 Å². The van der Waals surface area contributed by atoms with Crippen molar-refractivity contribution in [3.8, 4) is 0 Å². The molecule has 0 bridgehead atoms. The summed E-state index contributed by atoms with van der Waals surface area (Å²) in [6, 6.07) is 0.209. The van der Waals surface area contributed by atoms with Gasteiger partial charge in [-0.2, -0.15) is 0 Å². The van der Waals surface area contributed by atoms with E-state index in [4.69, 9.17) is 22.7 Å². The largest absolute Gasteiger partial charge is 0.392 e. The fourth-order valence-corrected chi connectivity index (χ4v) is 3.21. The molecule has 1 atom stereocenters. The average Bonchev–Trinajstić information content (AvgIpc) is 2.39. The van der Waals surface area contributed by atoms with E-state index in [0.717, 1.165) is 25.9 Å². The number of carbonyl (C=O) groups is 1. The van der Waals surface area contributed by atoms with E-state index in [0.29, 0.717) is 31.0 Å². The molecule has 2 rings (SSSR count). The third kappa shape index (κ3) is 3.24. The van der Waals surface area contributed by atoms with Crippen LogP contribution in [0.5, 0.6) is 0 Å². The molecule has 6 heteroatoms. The Morgan fingerprint density at radius 2 is 2.16 bits per heavy atom. The summed E-state index contributed by atoms with van der Waals surface area (Å²) in [6.07, 6.45) is 3.33. The van der Waals surface area contributed by atoms with E-state index in [2.05, 4.69) is 17.3 Å². The van der Waals surface area contributed by atoms with Crippen LogP contribution in [-0.2, 0) is 9.53 Å². The van der Waals surface area contributed by atoms with Gasteiger partial charge in [0.2, 0.25) is 5.91 Å². The van der Waals surface area contributed by atoms with Gasteiger partial charge in [-0.1, -0.05) is 12.2 Å². The monoisotopic (exact) mass is 285 g/mol. The maximum atomic E-state index is 12.6. The quantitative estimate of drug-likeness (QED) is 0.729. The molecule has 0 saturated carbocycles. The average molecular weight is 285 g/mol. The second-order valence-electron chi connectivity index (χ2n) is 5.63. The molecule has 5 nitrogen and oxygen atoms in total. The second-order valence-corrected chi connectivity index (χ2v) is 6.07. The number of amides is 1. The molecule has 2 aliphatic rings. The minimum absolute atomic E-state index is 0.0106. The Kier molecular flexibility index (Phi) is 4.76. The Labute approximate surface area is 119 Å². The molecule has 3 N–H and O–H groups in total. The summed E-state index contributed by atoms with van der Waals surface area (Å²) in [5.74, 6) is -0.0106. The van der Waals surface area contributed by atoms with E-state index < -0.39 is 5.41 Å². The molecule has 0 aromatic rings. The lowest BCUT2D eigenvalue weighted by molar-refractivity contribution is -0.132. The van der Waals surface area contributed by atoms with Gasteiger partial charge in [0.05, 0.1) is 4.99 Å². The standard InChI is InChI=1S/C13H23N3O2S/c1-16-6-2-3-10(9-16)15-12(17)13(11(14)19)4-7-18-8-5-13/h10H,2-9H2,1H3,(H2,14,19)(H,15,17). The van der Waals surface area contributed by atoms with Crippen molar-refractivity contribution in [2.24, 2.45) is 11.1 Å². The number of rotatable bonds is 3. The van der Waals surface area contributed by atoms with Crippen molar-refractivity contribution in [2.75, 3.05) is 33.4 Å². The molecule has 19 heavy (non-hydrogen) atoms. The van der Waals surface area contributed by atoms with Crippen molar-refractivity contribution in [3.63, 3.8) is 0 Å². The van der Waals surface area contributed by atoms with Gasteiger partial charge in [-0.3, -0.25) is 4.79 Å². The lowest BCUT2D eigenvalue weighted by Gasteiger charge is -2.37. The Balaban J connectivity index is 2.01. The van der Waals surface area contributed by atoms with Gasteiger partial charge in [0.25, 0.3) is 0 Å². The molecule has 108 valence electrons. The van der Waals surface area contributed by atoms with Crippen LogP contribution in [0, 0.1) is 5.41 Å². The first-order valence-electron chi connectivity index (χ1n) is 6.92. The zero-order chi connectivity index (χ0) is 13.9. The van der Waals surface area contributed by atoms with Crippen LogP contribution in [0.3, 0.4) is 0 Å². The van der Waals surface area contributed by atoms with Gasteiger partial charge in [-0.25, -0.2) is 0 Å².